The Bertz CT molecular complexity index is 484. The van der Waals surface area contributed by atoms with Crippen molar-refractivity contribution in [3.8, 4) is 5.75 Å². The Kier molecular flexibility index (Phi) is 2.53. The molecule has 3 N–H and O–H groups in total. The fourth-order valence-corrected chi connectivity index (χ4v) is 1.49. The van der Waals surface area contributed by atoms with E-state index in [1.165, 1.54) is 6.07 Å². The summed E-state index contributed by atoms with van der Waals surface area (Å²) in [5, 5.41) is 28.6. The molecule has 1 heterocycles. The molecule has 2 aromatic rings. The molecule has 0 radical (unpaired) electrons. The third kappa shape index (κ3) is 1.77. The Morgan fingerprint density at radius 3 is 2.87 bits per heavy atom. The number of fused-ring (bicyclic) bond motifs is 1. The van der Waals surface area contributed by atoms with Crippen LogP contribution in [0.1, 0.15) is 11.7 Å². The molecule has 0 amide bonds. The van der Waals surface area contributed by atoms with Crippen molar-refractivity contribution in [3.05, 3.63) is 36.0 Å². The van der Waals surface area contributed by atoms with Gasteiger partial charge in [-0.2, -0.15) is 0 Å². The Morgan fingerprint density at radius 2 is 2.13 bits per heavy atom. The number of rotatable bonds is 2. The second kappa shape index (κ2) is 3.84. The van der Waals surface area contributed by atoms with Crippen molar-refractivity contribution >= 4 is 10.9 Å². The molecule has 0 aliphatic rings. The van der Waals surface area contributed by atoms with E-state index in [0.29, 0.717) is 11.1 Å². The largest absolute Gasteiger partial charge is 0.506 e. The van der Waals surface area contributed by atoms with Gasteiger partial charge in [0, 0.05) is 11.6 Å². The van der Waals surface area contributed by atoms with E-state index in [9.17, 15) is 10.2 Å². The number of aromatic hydroxyl groups is 1. The van der Waals surface area contributed by atoms with Crippen LogP contribution in [0.5, 0.6) is 5.75 Å². The predicted molar refractivity (Wildman–Crippen MR) is 55.5 cm³/mol. The van der Waals surface area contributed by atoms with Crippen molar-refractivity contribution < 1.29 is 15.3 Å². The van der Waals surface area contributed by atoms with E-state index in [1.54, 1.807) is 24.4 Å². The Balaban J connectivity index is 2.62. The maximum Gasteiger partial charge on any atom is 0.142 e. The zero-order valence-electron chi connectivity index (χ0n) is 7.96. The highest BCUT2D eigenvalue weighted by Crippen LogP contribution is 2.27. The van der Waals surface area contributed by atoms with Gasteiger partial charge in [-0.3, -0.25) is 4.98 Å². The third-order valence-electron chi connectivity index (χ3n) is 2.26. The summed E-state index contributed by atoms with van der Waals surface area (Å²) < 4.78 is 0. The lowest BCUT2D eigenvalue weighted by Crippen LogP contribution is -2.02. The molecule has 78 valence electrons. The van der Waals surface area contributed by atoms with Gasteiger partial charge in [0.2, 0.25) is 0 Å². The van der Waals surface area contributed by atoms with Gasteiger partial charge in [-0.25, -0.2) is 0 Å². The van der Waals surface area contributed by atoms with Gasteiger partial charge in [-0.15, -0.1) is 0 Å². The summed E-state index contributed by atoms with van der Waals surface area (Å²) in [5.74, 6) is 0.00981. The fourth-order valence-electron chi connectivity index (χ4n) is 1.49. The van der Waals surface area contributed by atoms with Crippen LogP contribution in [0, 0.1) is 0 Å². The molecule has 0 saturated heterocycles. The molecule has 15 heavy (non-hydrogen) atoms. The van der Waals surface area contributed by atoms with E-state index in [2.05, 4.69) is 4.98 Å². The van der Waals surface area contributed by atoms with Gasteiger partial charge in [0.25, 0.3) is 0 Å². The van der Waals surface area contributed by atoms with Crippen LogP contribution >= 0.6 is 0 Å². The SMILES string of the molecule is OCC(O)c1cc(O)c2ncccc2c1. The average molecular weight is 205 g/mol. The highest BCUT2D eigenvalue weighted by molar-refractivity contribution is 5.84. The molecule has 2 rings (SSSR count). The molecule has 1 aromatic heterocycles. The topological polar surface area (TPSA) is 73.6 Å². The first-order valence-electron chi connectivity index (χ1n) is 4.59. The van der Waals surface area contributed by atoms with E-state index >= 15 is 0 Å². The predicted octanol–water partition coefficient (Wildman–Crippen LogP) is 0.966. The second-order valence-corrected chi connectivity index (χ2v) is 3.31. The minimum Gasteiger partial charge on any atom is -0.506 e. The molecular formula is C11H11NO3. The summed E-state index contributed by atoms with van der Waals surface area (Å²) in [6.45, 7) is -0.370. The summed E-state index contributed by atoms with van der Waals surface area (Å²) in [6, 6.07) is 6.64. The molecule has 1 atom stereocenters. The quantitative estimate of drug-likeness (QED) is 0.683. The number of nitrogens with zero attached hydrogens (tertiary/aromatic N) is 1. The smallest absolute Gasteiger partial charge is 0.142 e. The van der Waals surface area contributed by atoms with Crippen LogP contribution in [0.4, 0.5) is 0 Å². The molecular weight excluding hydrogens is 194 g/mol. The van der Waals surface area contributed by atoms with Crippen LogP contribution in [0.2, 0.25) is 0 Å². The second-order valence-electron chi connectivity index (χ2n) is 3.31. The van der Waals surface area contributed by atoms with Crippen molar-refractivity contribution in [1.29, 1.82) is 0 Å². The van der Waals surface area contributed by atoms with Crippen molar-refractivity contribution in [2.24, 2.45) is 0 Å². The van der Waals surface area contributed by atoms with Gasteiger partial charge in [0.15, 0.2) is 0 Å². The highest BCUT2D eigenvalue weighted by Gasteiger charge is 2.10. The van der Waals surface area contributed by atoms with Gasteiger partial charge >= 0.3 is 0 Å². The number of hydrogen-bond donors (Lipinski definition) is 3. The van der Waals surface area contributed by atoms with Gasteiger partial charge in [0.05, 0.1) is 6.61 Å². The van der Waals surface area contributed by atoms with E-state index in [4.69, 9.17) is 5.11 Å². The summed E-state index contributed by atoms with van der Waals surface area (Å²) in [6.07, 6.45) is 0.616. The average Bonchev–Trinajstić information content (AvgIpc) is 2.28. The highest BCUT2D eigenvalue weighted by atomic mass is 16.3. The number of phenols is 1. The fraction of sp³-hybridized carbons (Fsp3) is 0.182. The number of hydrogen-bond acceptors (Lipinski definition) is 4. The van der Waals surface area contributed by atoms with E-state index in [1.807, 2.05) is 0 Å². The van der Waals surface area contributed by atoms with Crippen molar-refractivity contribution in [3.63, 3.8) is 0 Å². The summed E-state index contributed by atoms with van der Waals surface area (Å²) in [7, 11) is 0. The number of aliphatic hydroxyl groups excluding tert-OH is 2. The molecule has 4 nitrogen and oxygen atoms in total. The van der Waals surface area contributed by atoms with Crippen LogP contribution < -0.4 is 0 Å². The zero-order valence-corrected chi connectivity index (χ0v) is 7.96. The van der Waals surface area contributed by atoms with Crippen LogP contribution in [0.25, 0.3) is 10.9 Å². The molecule has 0 aliphatic heterocycles. The molecule has 0 saturated carbocycles. The minimum absolute atomic E-state index is 0.00981. The number of aliphatic hydroxyl groups is 2. The maximum absolute atomic E-state index is 9.64. The summed E-state index contributed by atoms with van der Waals surface area (Å²) in [4.78, 5) is 4.01. The van der Waals surface area contributed by atoms with Crippen LogP contribution in [-0.4, -0.2) is 26.9 Å². The van der Waals surface area contributed by atoms with Gasteiger partial charge in [0.1, 0.15) is 17.4 Å². The molecule has 4 heteroatoms. The molecule has 0 spiro atoms. The standard InChI is InChI=1S/C11H11NO3/c13-6-10(15)8-4-7-2-1-3-12-11(7)9(14)5-8/h1-5,10,13-15H,6H2. The minimum atomic E-state index is -0.972. The molecule has 0 aliphatic carbocycles. The van der Waals surface area contributed by atoms with Crippen molar-refractivity contribution in [2.45, 2.75) is 6.10 Å². The van der Waals surface area contributed by atoms with E-state index in [-0.39, 0.29) is 12.4 Å². The van der Waals surface area contributed by atoms with Crippen LogP contribution in [-0.2, 0) is 0 Å². The van der Waals surface area contributed by atoms with E-state index in [0.717, 1.165) is 5.39 Å². The van der Waals surface area contributed by atoms with Gasteiger partial charge < -0.3 is 15.3 Å². The van der Waals surface area contributed by atoms with Crippen LogP contribution in [0.3, 0.4) is 0 Å². The van der Waals surface area contributed by atoms with Gasteiger partial charge in [-0.05, 0) is 23.8 Å². The number of benzene rings is 1. The van der Waals surface area contributed by atoms with Gasteiger partial charge in [-0.1, -0.05) is 6.07 Å². The maximum atomic E-state index is 9.64. The summed E-state index contributed by atoms with van der Waals surface area (Å²) in [5.41, 5.74) is 0.974. The Labute approximate surface area is 86.4 Å². The lowest BCUT2D eigenvalue weighted by atomic mass is 10.1. The number of pyridine rings is 1. The first kappa shape index (κ1) is 9.89. The first-order valence-corrected chi connectivity index (χ1v) is 4.59. The molecule has 1 aromatic carbocycles. The normalized spacial score (nSPS) is 12.9. The molecule has 0 bridgehead atoms. The van der Waals surface area contributed by atoms with Crippen molar-refractivity contribution in [1.82, 2.24) is 4.98 Å². The zero-order chi connectivity index (χ0) is 10.8. The number of phenolic OH excluding ortho intramolecular Hbond substituents is 1. The lowest BCUT2D eigenvalue weighted by molar-refractivity contribution is 0.0955. The molecule has 1 unspecified atom stereocenters. The summed E-state index contributed by atoms with van der Waals surface area (Å²) >= 11 is 0. The first-order chi connectivity index (χ1) is 7.22. The third-order valence-corrected chi connectivity index (χ3v) is 2.26. The Hall–Kier alpha value is -1.65. The monoisotopic (exact) mass is 205 g/mol. The van der Waals surface area contributed by atoms with E-state index < -0.39 is 6.10 Å². The number of aromatic nitrogens is 1. The Morgan fingerprint density at radius 1 is 1.33 bits per heavy atom. The lowest BCUT2D eigenvalue weighted by Gasteiger charge is -2.09. The molecule has 0 fully saturated rings. The van der Waals surface area contributed by atoms with Crippen molar-refractivity contribution in [2.75, 3.05) is 6.61 Å². The van der Waals surface area contributed by atoms with Crippen LogP contribution in [0.15, 0.2) is 30.5 Å².